The highest BCUT2D eigenvalue weighted by molar-refractivity contribution is 4.93. The van der Waals surface area contributed by atoms with Gasteiger partial charge in [-0.3, -0.25) is 0 Å². The lowest BCUT2D eigenvalue weighted by Crippen LogP contribution is -2.47. The lowest BCUT2D eigenvalue weighted by Gasteiger charge is -2.46. The lowest BCUT2D eigenvalue weighted by atomic mass is 9.62. The van der Waals surface area contributed by atoms with E-state index >= 15 is 0 Å². The van der Waals surface area contributed by atoms with Gasteiger partial charge in [0.2, 0.25) is 0 Å². The summed E-state index contributed by atoms with van der Waals surface area (Å²) in [6.45, 7) is 4.21. The second-order valence-electron chi connectivity index (χ2n) is 5.16. The van der Waals surface area contributed by atoms with Crippen molar-refractivity contribution in [3.8, 4) is 0 Å². The molecule has 0 amide bonds. The van der Waals surface area contributed by atoms with E-state index in [9.17, 15) is 10.2 Å². The monoisotopic (exact) mass is 184 g/mol. The molecule has 0 aromatic carbocycles. The lowest BCUT2D eigenvalue weighted by molar-refractivity contribution is -0.0901. The van der Waals surface area contributed by atoms with Crippen molar-refractivity contribution < 1.29 is 10.2 Å². The van der Waals surface area contributed by atoms with Crippen molar-refractivity contribution in [3.05, 3.63) is 0 Å². The Hall–Kier alpha value is -0.0800. The Labute approximate surface area is 80.0 Å². The highest BCUT2D eigenvalue weighted by atomic mass is 16.3. The third kappa shape index (κ3) is 1.50. The molecule has 2 aliphatic carbocycles. The molecule has 2 N–H and O–H groups in total. The van der Waals surface area contributed by atoms with Gasteiger partial charge >= 0.3 is 0 Å². The molecule has 0 saturated heterocycles. The van der Waals surface area contributed by atoms with E-state index in [1.54, 1.807) is 0 Å². The molecule has 2 aliphatic rings. The third-order valence-electron chi connectivity index (χ3n) is 4.09. The molecule has 2 fully saturated rings. The average Bonchev–Trinajstić information content (AvgIpc) is 2.09. The van der Waals surface area contributed by atoms with Crippen molar-refractivity contribution in [1.29, 1.82) is 0 Å². The molecule has 6 unspecified atom stereocenters. The summed E-state index contributed by atoms with van der Waals surface area (Å²) >= 11 is 0. The normalized spacial score (nSPS) is 56.3. The number of aliphatic hydroxyl groups is 2. The first-order valence-corrected chi connectivity index (χ1v) is 5.45. The Morgan fingerprint density at radius 3 is 1.54 bits per heavy atom. The average molecular weight is 184 g/mol. The zero-order valence-corrected chi connectivity index (χ0v) is 8.48. The van der Waals surface area contributed by atoms with Gasteiger partial charge in [0.1, 0.15) is 0 Å². The molecule has 2 rings (SSSR count). The molecule has 0 radical (unpaired) electrons. The van der Waals surface area contributed by atoms with Gasteiger partial charge in [-0.25, -0.2) is 0 Å². The molecule has 13 heavy (non-hydrogen) atoms. The topological polar surface area (TPSA) is 40.5 Å². The highest BCUT2D eigenvalue weighted by Gasteiger charge is 2.43. The summed E-state index contributed by atoms with van der Waals surface area (Å²) in [5.41, 5.74) is 0. The molecule has 6 atom stereocenters. The van der Waals surface area contributed by atoms with Crippen molar-refractivity contribution in [1.82, 2.24) is 0 Å². The van der Waals surface area contributed by atoms with Crippen molar-refractivity contribution >= 4 is 0 Å². The summed E-state index contributed by atoms with van der Waals surface area (Å²) in [4.78, 5) is 0. The second-order valence-corrected chi connectivity index (χ2v) is 5.16. The zero-order chi connectivity index (χ0) is 9.59. The molecule has 0 spiro atoms. The summed E-state index contributed by atoms with van der Waals surface area (Å²) in [6, 6.07) is 0. The minimum absolute atomic E-state index is 0.119. The Bertz CT molecular complexity index is 169. The van der Waals surface area contributed by atoms with E-state index < -0.39 is 0 Å². The molecular formula is C11H20O2. The molecule has 2 bridgehead atoms. The van der Waals surface area contributed by atoms with Crippen LogP contribution in [0.5, 0.6) is 0 Å². The minimum Gasteiger partial charge on any atom is -0.393 e. The first-order valence-electron chi connectivity index (χ1n) is 5.45. The molecule has 2 saturated carbocycles. The van der Waals surface area contributed by atoms with Crippen LogP contribution < -0.4 is 0 Å². The Morgan fingerprint density at radius 1 is 0.769 bits per heavy atom. The molecule has 76 valence electrons. The Morgan fingerprint density at radius 2 is 1.15 bits per heavy atom. The van der Waals surface area contributed by atoms with Gasteiger partial charge in [-0.15, -0.1) is 0 Å². The fraction of sp³-hybridized carbons (Fsp3) is 1.00. The molecule has 0 heterocycles. The van der Waals surface area contributed by atoms with Crippen LogP contribution in [0.25, 0.3) is 0 Å². The van der Waals surface area contributed by atoms with Crippen LogP contribution in [0.3, 0.4) is 0 Å². The van der Waals surface area contributed by atoms with Crippen molar-refractivity contribution in [3.63, 3.8) is 0 Å². The van der Waals surface area contributed by atoms with Gasteiger partial charge in [-0.2, -0.15) is 0 Å². The van der Waals surface area contributed by atoms with Crippen LogP contribution in [0.2, 0.25) is 0 Å². The Kier molecular flexibility index (Phi) is 2.37. The fourth-order valence-corrected chi connectivity index (χ4v) is 3.30. The van der Waals surface area contributed by atoms with Gasteiger partial charge in [0.05, 0.1) is 12.2 Å². The molecule has 0 aliphatic heterocycles. The van der Waals surface area contributed by atoms with Gasteiger partial charge in [0.25, 0.3) is 0 Å². The maximum Gasteiger partial charge on any atom is 0.0594 e. The third-order valence-corrected chi connectivity index (χ3v) is 4.09. The molecular weight excluding hydrogens is 164 g/mol. The SMILES string of the molecule is CC1CC2CC(CC(C)C2O)C1O. The maximum absolute atomic E-state index is 9.91. The Balaban J connectivity index is 2.12. The van der Waals surface area contributed by atoms with Gasteiger partial charge in [0.15, 0.2) is 0 Å². The quantitative estimate of drug-likeness (QED) is 0.597. The van der Waals surface area contributed by atoms with E-state index in [4.69, 9.17) is 0 Å². The smallest absolute Gasteiger partial charge is 0.0594 e. The summed E-state index contributed by atoms with van der Waals surface area (Å²) in [5.74, 6) is 1.66. The van der Waals surface area contributed by atoms with Crippen LogP contribution in [-0.2, 0) is 0 Å². The van der Waals surface area contributed by atoms with Crippen LogP contribution in [0.15, 0.2) is 0 Å². The van der Waals surface area contributed by atoms with Crippen molar-refractivity contribution in [2.75, 3.05) is 0 Å². The first kappa shape index (κ1) is 9.47. The van der Waals surface area contributed by atoms with Crippen LogP contribution in [0.1, 0.15) is 33.1 Å². The summed E-state index contributed by atoms with van der Waals surface area (Å²) < 4.78 is 0. The molecule has 0 aromatic rings. The predicted octanol–water partition coefficient (Wildman–Crippen LogP) is 1.41. The predicted molar refractivity (Wildman–Crippen MR) is 51.2 cm³/mol. The zero-order valence-electron chi connectivity index (χ0n) is 8.48. The van der Waals surface area contributed by atoms with Gasteiger partial charge < -0.3 is 10.2 Å². The fourth-order valence-electron chi connectivity index (χ4n) is 3.30. The van der Waals surface area contributed by atoms with Gasteiger partial charge in [-0.1, -0.05) is 13.8 Å². The van der Waals surface area contributed by atoms with E-state index in [-0.39, 0.29) is 12.2 Å². The minimum atomic E-state index is -0.119. The van der Waals surface area contributed by atoms with Crippen LogP contribution >= 0.6 is 0 Å². The molecule has 2 heteroatoms. The van der Waals surface area contributed by atoms with Gasteiger partial charge in [0, 0.05) is 0 Å². The van der Waals surface area contributed by atoms with Crippen LogP contribution in [0.4, 0.5) is 0 Å². The second kappa shape index (κ2) is 3.25. The summed E-state index contributed by atoms with van der Waals surface area (Å²) in [5, 5.41) is 19.8. The number of hydrogen-bond acceptors (Lipinski definition) is 2. The standard InChI is InChI=1S/C11H20O2/c1-6-3-8-5-9(10(6)12)4-7(2)11(8)13/h6-13H,3-5H2,1-2H3. The number of fused-ring (bicyclic) bond motifs is 2. The van der Waals surface area contributed by atoms with Crippen molar-refractivity contribution in [2.45, 2.75) is 45.3 Å². The van der Waals surface area contributed by atoms with E-state index in [2.05, 4.69) is 13.8 Å². The summed E-state index contributed by atoms with van der Waals surface area (Å²) in [7, 11) is 0. The molecule has 2 nitrogen and oxygen atoms in total. The number of aliphatic hydroxyl groups excluding tert-OH is 2. The van der Waals surface area contributed by atoms with E-state index in [0.717, 1.165) is 19.3 Å². The van der Waals surface area contributed by atoms with Crippen LogP contribution in [-0.4, -0.2) is 22.4 Å². The van der Waals surface area contributed by atoms with E-state index in [1.165, 1.54) is 0 Å². The number of rotatable bonds is 0. The highest BCUT2D eigenvalue weighted by Crippen LogP contribution is 2.44. The maximum atomic E-state index is 9.91. The van der Waals surface area contributed by atoms with E-state index in [0.29, 0.717) is 23.7 Å². The number of hydrogen-bond donors (Lipinski definition) is 2. The van der Waals surface area contributed by atoms with E-state index in [1.807, 2.05) is 0 Å². The van der Waals surface area contributed by atoms with Gasteiger partial charge in [-0.05, 0) is 42.9 Å². The van der Waals surface area contributed by atoms with Crippen molar-refractivity contribution in [2.24, 2.45) is 23.7 Å². The molecule has 0 aromatic heterocycles. The van der Waals surface area contributed by atoms with Crippen LogP contribution in [0, 0.1) is 23.7 Å². The summed E-state index contributed by atoms with van der Waals surface area (Å²) in [6.07, 6.45) is 2.81. The first-order chi connectivity index (χ1) is 6.09. The largest absolute Gasteiger partial charge is 0.393 e.